The average Bonchev–Trinajstić information content (AvgIpc) is 2.77. The average molecular weight is 286 g/mol. The van der Waals surface area contributed by atoms with Gasteiger partial charge in [-0.3, -0.25) is 14.5 Å². The van der Waals surface area contributed by atoms with Crippen LogP contribution in [0.3, 0.4) is 0 Å². The SMILES string of the molecule is CC1(CN2C(=O)CC(c3ccccc3)C2=O)CCNCC1. The number of carbonyl (C=O) groups excluding carboxylic acids is 2. The second kappa shape index (κ2) is 5.60. The number of nitrogens with zero attached hydrogens (tertiary/aromatic N) is 1. The molecule has 1 atom stereocenters. The summed E-state index contributed by atoms with van der Waals surface area (Å²) in [5, 5.41) is 3.33. The van der Waals surface area contributed by atoms with Crippen LogP contribution in [0.1, 0.15) is 37.7 Å². The van der Waals surface area contributed by atoms with Crippen LogP contribution in [0.4, 0.5) is 0 Å². The Balaban J connectivity index is 1.75. The molecule has 3 rings (SSSR count). The molecule has 1 aromatic rings. The van der Waals surface area contributed by atoms with Crippen molar-refractivity contribution in [2.45, 2.75) is 32.1 Å². The smallest absolute Gasteiger partial charge is 0.237 e. The maximum atomic E-state index is 12.6. The molecule has 2 aliphatic rings. The molecule has 2 heterocycles. The molecule has 0 saturated carbocycles. The van der Waals surface area contributed by atoms with Gasteiger partial charge in [0.25, 0.3) is 0 Å². The van der Waals surface area contributed by atoms with Crippen molar-refractivity contribution in [3.63, 3.8) is 0 Å². The van der Waals surface area contributed by atoms with Crippen LogP contribution in [0.15, 0.2) is 30.3 Å². The van der Waals surface area contributed by atoms with E-state index in [9.17, 15) is 9.59 Å². The second-order valence-electron chi connectivity index (χ2n) is 6.55. The predicted octanol–water partition coefficient (Wildman–Crippen LogP) is 1.92. The molecule has 4 nitrogen and oxygen atoms in total. The summed E-state index contributed by atoms with van der Waals surface area (Å²) in [6.07, 6.45) is 2.34. The molecule has 2 aliphatic heterocycles. The largest absolute Gasteiger partial charge is 0.317 e. The third-order valence-corrected chi connectivity index (χ3v) is 4.80. The Kier molecular flexibility index (Phi) is 3.81. The molecule has 1 aromatic carbocycles. The summed E-state index contributed by atoms with van der Waals surface area (Å²) < 4.78 is 0. The van der Waals surface area contributed by atoms with Crippen molar-refractivity contribution in [1.29, 1.82) is 0 Å². The number of benzene rings is 1. The van der Waals surface area contributed by atoms with E-state index in [0.29, 0.717) is 13.0 Å². The van der Waals surface area contributed by atoms with E-state index in [0.717, 1.165) is 31.5 Å². The first-order chi connectivity index (χ1) is 10.1. The van der Waals surface area contributed by atoms with Crippen LogP contribution in [-0.4, -0.2) is 36.3 Å². The van der Waals surface area contributed by atoms with Gasteiger partial charge < -0.3 is 5.32 Å². The third-order valence-electron chi connectivity index (χ3n) is 4.80. The molecule has 0 aliphatic carbocycles. The van der Waals surface area contributed by atoms with Crippen LogP contribution < -0.4 is 5.32 Å². The number of hydrogen-bond acceptors (Lipinski definition) is 3. The van der Waals surface area contributed by atoms with E-state index in [-0.39, 0.29) is 23.1 Å². The van der Waals surface area contributed by atoms with E-state index in [1.807, 2.05) is 30.3 Å². The standard InChI is InChI=1S/C17H22N2O2/c1-17(7-9-18-10-8-17)12-19-15(20)11-14(16(19)21)13-5-3-2-4-6-13/h2-6,14,18H,7-12H2,1H3. The van der Waals surface area contributed by atoms with Gasteiger partial charge in [-0.2, -0.15) is 0 Å². The first-order valence-electron chi connectivity index (χ1n) is 7.69. The third kappa shape index (κ3) is 2.86. The molecule has 2 fully saturated rings. The van der Waals surface area contributed by atoms with E-state index in [1.165, 1.54) is 4.90 Å². The van der Waals surface area contributed by atoms with Crippen molar-refractivity contribution in [3.8, 4) is 0 Å². The van der Waals surface area contributed by atoms with Crippen LogP contribution in [-0.2, 0) is 9.59 Å². The van der Waals surface area contributed by atoms with Crippen LogP contribution in [0.5, 0.6) is 0 Å². The lowest BCUT2D eigenvalue weighted by molar-refractivity contribution is -0.140. The molecule has 21 heavy (non-hydrogen) atoms. The summed E-state index contributed by atoms with van der Waals surface area (Å²) in [4.78, 5) is 26.4. The van der Waals surface area contributed by atoms with Crippen molar-refractivity contribution in [2.24, 2.45) is 5.41 Å². The van der Waals surface area contributed by atoms with Gasteiger partial charge in [-0.15, -0.1) is 0 Å². The summed E-state index contributed by atoms with van der Waals surface area (Å²) in [5.74, 6) is -0.330. The van der Waals surface area contributed by atoms with Crippen LogP contribution >= 0.6 is 0 Å². The maximum Gasteiger partial charge on any atom is 0.237 e. The summed E-state index contributed by atoms with van der Waals surface area (Å²) in [6, 6.07) is 9.64. The summed E-state index contributed by atoms with van der Waals surface area (Å²) in [6.45, 7) is 4.68. The number of rotatable bonds is 3. The Hall–Kier alpha value is -1.68. The van der Waals surface area contributed by atoms with E-state index in [4.69, 9.17) is 0 Å². The van der Waals surface area contributed by atoms with Crippen LogP contribution in [0, 0.1) is 5.41 Å². The Bertz CT molecular complexity index is 535. The van der Waals surface area contributed by atoms with E-state index >= 15 is 0 Å². The molecule has 4 heteroatoms. The number of amides is 2. The van der Waals surface area contributed by atoms with Gasteiger partial charge in [0.15, 0.2) is 0 Å². The van der Waals surface area contributed by atoms with Crippen molar-refractivity contribution in [1.82, 2.24) is 10.2 Å². The Morgan fingerprint density at radius 2 is 1.86 bits per heavy atom. The zero-order chi connectivity index (χ0) is 14.9. The Labute approximate surface area is 125 Å². The fourth-order valence-electron chi connectivity index (χ4n) is 3.37. The Morgan fingerprint density at radius 1 is 1.19 bits per heavy atom. The van der Waals surface area contributed by atoms with Gasteiger partial charge in [-0.1, -0.05) is 37.3 Å². The van der Waals surface area contributed by atoms with Gasteiger partial charge in [0, 0.05) is 13.0 Å². The second-order valence-corrected chi connectivity index (χ2v) is 6.55. The molecule has 0 bridgehead atoms. The zero-order valence-corrected chi connectivity index (χ0v) is 12.5. The quantitative estimate of drug-likeness (QED) is 0.864. The first kappa shape index (κ1) is 14.3. The summed E-state index contributed by atoms with van der Waals surface area (Å²) in [7, 11) is 0. The number of nitrogens with one attached hydrogen (secondary N) is 1. The number of likely N-dealkylation sites (tertiary alicyclic amines) is 1. The molecule has 0 aromatic heterocycles. The lowest BCUT2D eigenvalue weighted by Gasteiger charge is -2.36. The molecule has 112 valence electrons. The van der Waals surface area contributed by atoms with Gasteiger partial charge in [0.05, 0.1) is 5.92 Å². The Morgan fingerprint density at radius 3 is 2.52 bits per heavy atom. The van der Waals surface area contributed by atoms with Gasteiger partial charge in [0.2, 0.25) is 11.8 Å². The zero-order valence-electron chi connectivity index (χ0n) is 12.5. The van der Waals surface area contributed by atoms with Crippen LogP contribution in [0.2, 0.25) is 0 Å². The van der Waals surface area contributed by atoms with Crippen molar-refractivity contribution in [3.05, 3.63) is 35.9 Å². The predicted molar refractivity (Wildman–Crippen MR) is 80.7 cm³/mol. The van der Waals surface area contributed by atoms with Crippen molar-refractivity contribution < 1.29 is 9.59 Å². The monoisotopic (exact) mass is 286 g/mol. The number of carbonyl (C=O) groups is 2. The first-order valence-corrected chi connectivity index (χ1v) is 7.69. The molecule has 0 spiro atoms. The highest BCUT2D eigenvalue weighted by Crippen LogP contribution is 2.35. The summed E-state index contributed by atoms with van der Waals surface area (Å²) >= 11 is 0. The lowest BCUT2D eigenvalue weighted by atomic mass is 9.80. The van der Waals surface area contributed by atoms with Crippen molar-refractivity contribution in [2.75, 3.05) is 19.6 Å². The number of piperidine rings is 1. The van der Waals surface area contributed by atoms with Gasteiger partial charge in [0.1, 0.15) is 0 Å². The van der Waals surface area contributed by atoms with Crippen LogP contribution in [0.25, 0.3) is 0 Å². The minimum atomic E-state index is -0.288. The lowest BCUT2D eigenvalue weighted by Crippen LogP contribution is -2.45. The number of hydrogen-bond donors (Lipinski definition) is 1. The summed E-state index contributed by atoms with van der Waals surface area (Å²) in [5.41, 5.74) is 1.01. The maximum absolute atomic E-state index is 12.6. The fourth-order valence-corrected chi connectivity index (χ4v) is 3.37. The molecule has 1 N–H and O–H groups in total. The molecule has 0 radical (unpaired) electrons. The highest BCUT2D eigenvalue weighted by Gasteiger charge is 2.42. The van der Waals surface area contributed by atoms with Gasteiger partial charge in [-0.05, 0) is 36.9 Å². The van der Waals surface area contributed by atoms with E-state index in [2.05, 4.69) is 12.2 Å². The molecule has 2 amide bonds. The van der Waals surface area contributed by atoms with Gasteiger partial charge in [-0.25, -0.2) is 0 Å². The fraction of sp³-hybridized carbons (Fsp3) is 0.529. The molecular formula is C17H22N2O2. The molecular weight excluding hydrogens is 264 g/mol. The highest BCUT2D eigenvalue weighted by atomic mass is 16.2. The van der Waals surface area contributed by atoms with E-state index < -0.39 is 0 Å². The van der Waals surface area contributed by atoms with Gasteiger partial charge >= 0.3 is 0 Å². The molecule has 2 saturated heterocycles. The molecule has 1 unspecified atom stereocenters. The normalized spacial score (nSPS) is 25.4. The van der Waals surface area contributed by atoms with Crippen molar-refractivity contribution >= 4 is 11.8 Å². The topological polar surface area (TPSA) is 49.4 Å². The highest BCUT2D eigenvalue weighted by molar-refractivity contribution is 6.06. The minimum absolute atomic E-state index is 0.0198. The number of imide groups is 1. The minimum Gasteiger partial charge on any atom is -0.317 e. The van der Waals surface area contributed by atoms with E-state index in [1.54, 1.807) is 0 Å².